The smallest absolute Gasteiger partial charge is 0.106 e. The molecule has 0 aliphatic carbocycles. The van der Waals surface area contributed by atoms with Gasteiger partial charge >= 0.3 is 0 Å². The van der Waals surface area contributed by atoms with Crippen molar-refractivity contribution in [2.75, 3.05) is 6.61 Å². The second kappa shape index (κ2) is 6.82. The van der Waals surface area contributed by atoms with Crippen molar-refractivity contribution in [1.29, 1.82) is 0 Å². The monoisotopic (exact) mass is 326 g/mol. The number of aromatic nitrogens is 1. The number of pyridine rings is 1. The van der Waals surface area contributed by atoms with E-state index >= 15 is 0 Å². The number of nitrogens with one attached hydrogen (secondary N) is 1. The molecule has 0 radical (unpaired) electrons. The van der Waals surface area contributed by atoms with E-state index in [0.29, 0.717) is 6.04 Å². The van der Waals surface area contributed by atoms with Gasteiger partial charge in [0.15, 0.2) is 0 Å². The Balaban J connectivity index is 1.89. The number of halogens is 1. The van der Waals surface area contributed by atoms with E-state index in [9.17, 15) is 0 Å². The summed E-state index contributed by atoms with van der Waals surface area (Å²) in [5.41, 5.74) is 1.17. The fourth-order valence-corrected chi connectivity index (χ4v) is 3.12. The molecule has 1 aliphatic heterocycles. The van der Waals surface area contributed by atoms with Crippen LogP contribution in [0.25, 0.3) is 0 Å². The summed E-state index contributed by atoms with van der Waals surface area (Å²) in [6, 6.07) is 6.58. The van der Waals surface area contributed by atoms with Gasteiger partial charge in [-0.05, 0) is 53.7 Å². The maximum atomic E-state index is 6.00. The third kappa shape index (κ3) is 4.01. The molecule has 1 aromatic heterocycles. The summed E-state index contributed by atoms with van der Waals surface area (Å²) in [6.07, 6.45) is 4.39. The standard InChI is InChI=1S/C15H23BrN2O/c1-3-15(4-2)10-12(8-9-19-15)17-11-13-6-5-7-14(16)18-13/h5-7,12,17H,3-4,8-11H2,1-2H3. The Hall–Kier alpha value is -0.450. The van der Waals surface area contributed by atoms with Crippen LogP contribution in [-0.4, -0.2) is 23.2 Å². The molecule has 3 nitrogen and oxygen atoms in total. The minimum absolute atomic E-state index is 0.0839. The van der Waals surface area contributed by atoms with E-state index in [1.54, 1.807) is 0 Å². The van der Waals surface area contributed by atoms with Gasteiger partial charge in [-0.25, -0.2) is 4.98 Å². The lowest BCUT2D eigenvalue weighted by molar-refractivity contribution is -0.0932. The Morgan fingerprint density at radius 2 is 2.21 bits per heavy atom. The van der Waals surface area contributed by atoms with E-state index < -0.39 is 0 Å². The van der Waals surface area contributed by atoms with E-state index in [0.717, 1.165) is 49.1 Å². The maximum absolute atomic E-state index is 6.00. The van der Waals surface area contributed by atoms with Gasteiger partial charge in [-0.1, -0.05) is 19.9 Å². The molecule has 1 unspecified atom stereocenters. The summed E-state index contributed by atoms with van der Waals surface area (Å²) in [6.45, 7) is 6.14. The fourth-order valence-electron chi connectivity index (χ4n) is 2.74. The number of hydrogen-bond donors (Lipinski definition) is 1. The number of hydrogen-bond acceptors (Lipinski definition) is 3. The van der Waals surface area contributed by atoms with Crippen molar-refractivity contribution in [2.24, 2.45) is 0 Å². The van der Waals surface area contributed by atoms with Gasteiger partial charge in [0.25, 0.3) is 0 Å². The summed E-state index contributed by atoms with van der Waals surface area (Å²) < 4.78 is 6.90. The molecule has 0 amide bonds. The molecule has 0 aromatic carbocycles. The molecular weight excluding hydrogens is 304 g/mol. The van der Waals surface area contributed by atoms with Crippen molar-refractivity contribution in [2.45, 2.75) is 57.7 Å². The lowest BCUT2D eigenvalue weighted by atomic mass is 9.86. The first-order valence-corrected chi connectivity index (χ1v) is 7.95. The summed E-state index contributed by atoms with van der Waals surface area (Å²) in [5, 5.41) is 3.63. The molecule has 1 atom stereocenters. The lowest BCUT2D eigenvalue weighted by Crippen LogP contribution is -2.46. The van der Waals surface area contributed by atoms with Gasteiger partial charge in [-0.15, -0.1) is 0 Å². The number of ether oxygens (including phenoxy) is 1. The topological polar surface area (TPSA) is 34.2 Å². The van der Waals surface area contributed by atoms with Crippen molar-refractivity contribution in [3.8, 4) is 0 Å². The average molecular weight is 327 g/mol. The van der Waals surface area contributed by atoms with Crippen LogP contribution in [0, 0.1) is 0 Å². The summed E-state index contributed by atoms with van der Waals surface area (Å²) >= 11 is 3.41. The van der Waals surface area contributed by atoms with Gasteiger partial charge in [-0.3, -0.25) is 0 Å². The zero-order chi connectivity index (χ0) is 13.7. The highest BCUT2D eigenvalue weighted by molar-refractivity contribution is 9.10. The minimum Gasteiger partial charge on any atom is -0.375 e. The Kier molecular flexibility index (Phi) is 5.37. The first-order valence-electron chi connectivity index (χ1n) is 7.16. The quantitative estimate of drug-likeness (QED) is 0.838. The minimum atomic E-state index is 0.0839. The van der Waals surface area contributed by atoms with Crippen molar-refractivity contribution < 1.29 is 4.74 Å². The van der Waals surface area contributed by atoms with Crippen molar-refractivity contribution in [3.63, 3.8) is 0 Å². The fraction of sp³-hybridized carbons (Fsp3) is 0.667. The van der Waals surface area contributed by atoms with Gasteiger partial charge in [0.2, 0.25) is 0 Å². The highest BCUT2D eigenvalue weighted by atomic mass is 79.9. The largest absolute Gasteiger partial charge is 0.375 e. The Labute approximate surface area is 124 Å². The van der Waals surface area contributed by atoms with Crippen LogP contribution in [0.4, 0.5) is 0 Å². The van der Waals surface area contributed by atoms with E-state index in [-0.39, 0.29) is 5.60 Å². The average Bonchev–Trinajstić information content (AvgIpc) is 2.45. The molecule has 1 aromatic rings. The third-order valence-corrected chi connectivity index (χ3v) is 4.57. The molecule has 0 saturated carbocycles. The van der Waals surface area contributed by atoms with Crippen LogP contribution < -0.4 is 5.32 Å². The van der Waals surface area contributed by atoms with Crippen LogP contribution in [-0.2, 0) is 11.3 Å². The second-order valence-electron chi connectivity index (χ2n) is 5.26. The first kappa shape index (κ1) is 14.9. The van der Waals surface area contributed by atoms with Crippen LogP contribution in [0.15, 0.2) is 22.8 Å². The van der Waals surface area contributed by atoms with E-state index in [1.807, 2.05) is 12.1 Å². The molecule has 0 spiro atoms. The maximum Gasteiger partial charge on any atom is 0.106 e. The van der Waals surface area contributed by atoms with Crippen LogP contribution in [0.1, 0.15) is 45.2 Å². The molecule has 106 valence electrons. The van der Waals surface area contributed by atoms with Crippen LogP contribution in [0.2, 0.25) is 0 Å². The van der Waals surface area contributed by atoms with Crippen LogP contribution in [0.3, 0.4) is 0 Å². The van der Waals surface area contributed by atoms with Crippen molar-refractivity contribution in [1.82, 2.24) is 10.3 Å². The predicted molar refractivity (Wildman–Crippen MR) is 81.1 cm³/mol. The molecule has 2 heterocycles. The highest BCUT2D eigenvalue weighted by Gasteiger charge is 2.34. The molecule has 1 saturated heterocycles. The van der Waals surface area contributed by atoms with Crippen LogP contribution in [0.5, 0.6) is 0 Å². The molecule has 0 bridgehead atoms. The van der Waals surface area contributed by atoms with Crippen molar-refractivity contribution >= 4 is 15.9 Å². The van der Waals surface area contributed by atoms with Gasteiger partial charge in [-0.2, -0.15) is 0 Å². The number of nitrogens with zero attached hydrogens (tertiary/aromatic N) is 1. The van der Waals surface area contributed by atoms with Crippen molar-refractivity contribution in [3.05, 3.63) is 28.5 Å². The van der Waals surface area contributed by atoms with Gasteiger partial charge in [0, 0.05) is 19.2 Å². The van der Waals surface area contributed by atoms with E-state index in [2.05, 4.69) is 46.1 Å². The van der Waals surface area contributed by atoms with E-state index in [1.165, 1.54) is 0 Å². The Bertz CT molecular complexity index is 407. The second-order valence-corrected chi connectivity index (χ2v) is 6.07. The van der Waals surface area contributed by atoms with Crippen LogP contribution >= 0.6 is 15.9 Å². The number of rotatable bonds is 5. The van der Waals surface area contributed by atoms with E-state index in [4.69, 9.17) is 4.74 Å². The zero-order valence-corrected chi connectivity index (χ0v) is 13.4. The first-order chi connectivity index (χ1) is 9.17. The molecule has 1 fully saturated rings. The zero-order valence-electron chi connectivity index (χ0n) is 11.8. The molecular formula is C15H23BrN2O. The third-order valence-electron chi connectivity index (χ3n) is 4.13. The molecule has 2 rings (SSSR count). The molecule has 1 N–H and O–H groups in total. The highest BCUT2D eigenvalue weighted by Crippen LogP contribution is 2.31. The molecule has 19 heavy (non-hydrogen) atoms. The molecule has 4 heteroatoms. The summed E-state index contributed by atoms with van der Waals surface area (Å²) in [7, 11) is 0. The summed E-state index contributed by atoms with van der Waals surface area (Å²) in [5.74, 6) is 0. The Morgan fingerprint density at radius 3 is 2.89 bits per heavy atom. The normalized spacial score (nSPS) is 22.4. The predicted octanol–water partition coefficient (Wildman–Crippen LogP) is 3.67. The van der Waals surface area contributed by atoms with Gasteiger partial charge in [0.05, 0.1) is 11.3 Å². The van der Waals surface area contributed by atoms with Gasteiger partial charge in [0.1, 0.15) is 4.60 Å². The van der Waals surface area contributed by atoms with Gasteiger partial charge < -0.3 is 10.1 Å². The SMILES string of the molecule is CCC1(CC)CC(NCc2cccc(Br)n2)CCO1. The lowest BCUT2D eigenvalue weighted by Gasteiger charge is -2.40. The summed E-state index contributed by atoms with van der Waals surface area (Å²) in [4.78, 5) is 4.46. The Morgan fingerprint density at radius 1 is 1.42 bits per heavy atom. The molecule has 1 aliphatic rings.